The fourth-order valence-corrected chi connectivity index (χ4v) is 0.739. The first-order valence-corrected chi connectivity index (χ1v) is 3.59. The summed E-state index contributed by atoms with van der Waals surface area (Å²) in [5.41, 5.74) is 0. The van der Waals surface area contributed by atoms with Crippen molar-refractivity contribution in [1.29, 1.82) is 0 Å². The summed E-state index contributed by atoms with van der Waals surface area (Å²) in [5, 5.41) is 0.763. The maximum atomic E-state index is 5.54. The molecule has 0 aromatic carbocycles. The molecule has 0 radical (unpaired) electrons. The summed E-state index contributed by atoms with van der Waals surface area (Å²) in [6.07, 6.45) is 6.26. The predicted molar refractivity (Wildman–Crippen MR) is 43.7 cm³/mol. The Balaban J connectivity index is 2.91. The summed E-state index contributed by atoms with van der Waals surface area (Å²) in [6.45, 7) is 7.21. The average Bonchev–Trinajstić information content (AvgIpc) is 1.80. The van der Waals surface area contributed by atoms with Crippen molar-refractivity contribution in [1.82, 2.24) is 0 Å². The van der Waals surface area contributed by atoms with Crippen molar-refractivity contribution >= 4 is 11.6 Å². The van der Waals surface area contributed by atoms with E-state index in [1.807, 2.05) is 6.08 Å². The normalized spacial score (nSPS) is 9.00. The topological polar surface area (TPSA) is 0 Å². The third-order valence-corrected chi connectivity index (χ3v) is 1.30. The number of rotatable bonds is 5. The lowest BCUT2D eigenvalue weighted by atomic mass is 10.2. The van der Waals surface area contributed by atoms with Crippen LogP contribution in [0.2, 0.25) is 0 Å². The number of hydrogen-bond acceptors (Lipinski definition) is 0. The van der Waals surface area contributed by atoms with E-state index in [9.17, 15) is 0 Å². The van der Waals surface area contributed by atoms with Crippen molar-refractivity contribution in [2.24, 2.45) is 0 Å². The van der Waals surface area contributed by atoms with E-state index in [1.165, 1.54) is 6.42 Å². The molecule has 0 atom stereocenters. The van der Waals surface area contributed by atoms with Gasteiger partial charge in [-0.15, -0.1) is 6.58 Å². The predicted octanol–water partition coefficient (Wildman–Crippen LogP) is 3.49. The average molecular weight is 145 g/mol. The minimum absolute atomic E-state index is 0.763. The third kappa shape index (κ3) is 7.77. The van der Waals surface area contributed by atoms with E-state index in [0.29, 0.717) is 0 Å². The van der Waals surface area contributed by atoms with E-state index in [0.717, 1.165) is 24.3 Å². The van der Waals surface area contributed by atoms with Crippen molar-refractivity contribution in [3.05, 3.63) is 24.3 Å². The Labute approximate surface area is 62.2 Å². The molecule has 0 aromatic rings. The van der Waals surface area contributed by atoms with E-state index in [-0.39, 0.29) is 0 Å². The van der Waals surface area contributed by atoms with Gasteiger partial charge in [0.25, 0.3) is 0 Å². The lowest BCUT2D eigenvalue weighted by Gasteiger charge is -1.93. The molecular weight excluding hydrogens is 132 g/mol. The van der Waals surface area contributed by atoms with Gasteiger partial charge in [0.1, 0.15) is 0 Å². The first-order chi connectivity index (χ1) is 4.27. The van der Waals surface area contributed by atoms with Crippen LogP contribution < -0.4 is 0 Å². The number of unbranched alkanes of at least 4 members (excludes halogenated alkanes) is 2. The van der Waals surface area contributed by atoms with Crippen LogP contribution in [0.1, 0.15) is 25.7 Å². The molecule has 0 saturated heterocycles. The second kappa shape index (κ2) is 5.90. The Hall–Kier alpha value is -0.230. The molecule has 9 heavy (non-hydrogen) atoms. The van der Waals surface area contributed by atoms with Crippen molar-refractivity contribution in [2.45, 2.75) is 25.7 Å². The smallest absolute Gasteiger partial charge is 0.0109 e. The second-order valence-corrected chi connectivity index (χ2v) is 2.59. The Morgan fingerprint density at radius 1 is 1.44 bits per heavy atom. The van der Waals surface area contributed by atoms with Gasteiger partial charge in [0.15, 0.2) is 0 Å². The van der Waals surface area contributed by atoms with E-state index in [2.05, 4.69) is 13.2 Å². The summed E-state index contributed by atoms with van der Waals surface area (Å²) < 4.78 is 0. The minimum atomic E-state index is 0.763. The maximum absolute atomic E-state index is 5.54. The number of allylic oxidation sites excluding steroid dienone is 2. The Morgan fingerprint density at radius 2 is 2.11 bits per heavy atom. The van der Waals surface area contributed by atoms with E-state index < -0.39 is 0 Å². The van der Waals surface area contributed by atoms with E-state index >= 15 is 0 Å². The van der Waals surface area contributed by atoms with Crippen LogP contribution in [0, 0.1) is 0 Å². The Kier molecular flexibility index (Phi) is 5.75. The SMILES string of the molecule is C=CCCCCC(=C)Cl. The van der Waals surface area contributed by atoms with Crippen molar-refractivity contribution in [3.63, 3.8) is 0 Å². The van der Waals surface area contributed by atoms with Crippen LogP contribution in [0.15, 0.2) is 24.3 Å². The first-order valence-electron chi connectivity index (χ1n) is 3.21. The van der Waals surface area contributed by atoms with Gasteiger partial charge in [-0.2, -0.15) is 0 Å². The van der Waals surface area contributed by atoms with Gasteiger partial charge in [0.05, 0.1) is 0 Å². The van der Waals surface area contributed by atoms with Gasteiger partial charge in [-0.25, -0.2) is 0 Å². The molecule has 52 valence electrons. The molecule has 0 fully saturated rings. The zero-order valence-electron chi connectivity index (χ0n) is 5.70. The first kappa shape index (κ1) is 8.77. The molecule has 0 rings (SSSR count). The summed E-state index contributed by atoms with van der Waals surface area (Å²) in [7, 11) is 0. The molecule has 0 bridgehead atoms. The largest absolute Gasteiger partial charge is 0.103 e. The van der Waals surface area contributed by atoms with Gasteiger partial charge in [0, 0.05) is 5.03 Å². The van der Waals surface area contributed by atoms with Crippen molar-refractivity contribution in [3.8, 4) is 0 Å². The van der Waals surface area contributed by atoms with E-state index in [1.54, 1.807) is 0 Å². The lowest BCUT2D eigenvalue weighted by molar-refractivity contribution is 0.758. The van der Waals surface area contributed by atoms with E-state index in [4.69, 9.17) is 11.6 Å². The molecule has 0 saturated carbocycles. The van der Waals surface area contributed by atoms with Crippen LogP contribution in [-0.4, -0.2) is 0 Å². The zero-order valence-corrected chi connectivity index (χ0v) is 6.45. The lowest BCUT2D eigenvalue weighted by Crippen LogP contribution is -1.73. The molecule has 0 aliphatic carbocycles. The summed E-state index contributed by atoms with van der Waals surface area (Å²) in [5.74, 6) is 0. The molecule has 0 spiro atoms. The number of halogens is 1. The van der Waals surface area contributed by atoms with Gasteiger partial charge in [-0.1, -0.05) is 24.3 Å². The number of hydrogen-bond donors (Lipinski definition) is 0. The summed E-state index contributed by atoms with van der Waals surface area (Å²) in [6, 6.07) is 0. The molecule has 0 aromatic heterocycles. The van der Waals surface area contributed by atoms with Crippen LogP contribution in [0.25, 0.3) is 0 Å². The molecule has 0 amide bonds. The van der Waals surface area contributed by atoms with Crippen LogP contribution >= 0.6 is 11.6 Å². The molecule has 0 aliphatic heterocycles. The monoisotopic (exact) mass is 144 g/mol. The summed E-state index contributed by atoms with van der Waals surface area (Å²) in [4.78, 5) is 0. The third-order valence-electron chi connectivity index (χ3n) is 1.11. The minimum Gasteiger partial charge on any atom is -0.103 e. The second-order valence-electron chi connectivity index (χ2n) is 2.05. The zero-order chi connectivity index (χ0) is 7.11. The van der Waals surface area contributed by atoms with Gasteiger partial charge < -0.3 is 0 Å². The molecular formula is C8H13Cl. The Morgan fingerprint density at radius 3 is 2.56 bits per heavy atom. The molecule has 1 heteroatoms. The fourth-order valence-electron chi connectivity index (χ4n) is 0.605. The van der Waals surface area contributed by atoms with Crippen LogP contribution in [0.4, 0.5) is 0 Å². The van der Waals surface area contributed by atoms with Gasteiger partial charge >= 0.3 is 0 Å². The van der Waals surface area contributed by atoms with Gasteiger partial charge in [-0.05, 0) is 25.7 Å². The highest BCUT2D eigenvalue weighted by molar-refractivity contribution is 6.29. The van der Waals surface area contributed by atoms with Crippen LogP contribution in [0.5, 0.6) is 0 Å². The van der Waals surface area contributed by atoms with Gasteiger partial charge in [-0.3, -0.25) is 0 Å². The van der Waals surface area contributed by atoms with Crippen LogP contribution in [0.3, 0.4) is 0 Å². The van der Waals surface area contributed by atoms with Crippen molar-refractivity contribution < 1.29 is 0 Å². The quantitative estimate of drug-likeness (QED) is 0.409. The highest BCUT2D eigenvalue weighted by Crippen LogP contribution is 2.09. The maximum Gasteiger partial charge on any atom is 0.0109 e. The molecule has 0 unspecified atom stereocenters. The highest BCUT2D eigenvalue weighted by atomic mass is 35.5. The standard InChI is InChI=1S/C8H13Cl/c1-3-4-5-6-7-8(2)9/h3H,1-2,4-7H2. The fraction of sp³-hybridized carbons (Fsp3) is 0.500. The molecule has 0 nitrogen and oxygen atoms in total. The van der Waals surface area contributed by atoms with Crippen LogP contribution in [-0.2, 0) is 0 Å². The van der Waals surface area contributed by atoms with Gasteiger partial charge in [0.2, 0.25) is 0 Å². The Bertz CT molecular complexity index is 94.7. The molecule has 0 heterocycles. The molecule has 0 aliphatic rings. The molecule has 0 N–H and O–H groups in total. The highest BCUT2D eigenvalue weighted by Gasteiger charge is 1.87. The summed E-state index contributed by atoms with van der Waals surface area (Å²) >= 11 is 5.54. The van der Waals surface area contributed by atoms with Crippen molar-refractivity contribution in [2.75, 3.05) is 0 Å².